The monoisotopic (exact) mass is 275 g/mol. The molecule has 1 aliphatic carbocycles. The molecule has 3 nitrogen and oxygen atoms in total. The molecule has 0 radical (unpaired) electrons. The van der Waals surface area contributed by atoms with Gasteiger partial charge in [0.15, 0.2) is 0 Å². The van der Waals surface area contributed by atoms with E-state index < -0.39 is 0 Å². The van der Waals surface area contributed by atoms with E-state index in [4.69, 9.17) is 0 Å². The molecular formula is C17H29N3. The summed E-state index contributed by atoms with van der Waals surface area (Å²) in [5, 5.41) is 3.29. The van der Waals surface area contributed by atoms with Crippen LogP contribution in [-0.2, 0) is 0 Å². The summed E-state index contributed by atoms with van der Waals surface area (Å²) in [6.45, 7) is 6.95. The van der Waals surface area contributed by atoms with Gasteiger partial charge in [-0.15, -0.1) is 0 Å². The predicted octanol–water partition coefficient (Wildman–Crippen LogP) is 3.77. The molecule has 20 heavy (non-hydrogen) atoms. The van der Waals surface area contributed by atoms with Crippen molar-refractivity contribution in [3.63, 3.8) is 0 Å². The van der Waals surface area contributed by atoms with Gasteiger partial charge in [0.2, 0.25) is 0 Å². The summed E-state index contributed by atoms with van der Waals surface area (Å²) < 4.78 is 0. The minimum Gasteiger partial charge on any atom is -0.357 e. The highest BCUT2D eigenvalue weighted by Gasteiger charge is 2.29. The Bertz CT molecular complexity index is 432. The average Bonchev–Trinajstić information content (AvgIpc) is 2.46. The molecular weight excluding hydrogens is 246 g/mol. The zero-order valence-corrected chi connectivity index (χ0v) is 13.6. The van der Waals surface area contributed by atoms with Gasteiger partial charge in [-0.05, 0) is 62.8 Å². The third kappa shape index (κ3) is 3.51. The first-order chi connectivity index (χ1) is 9.43. The molecule has 1 heterocycles. The van der Waals surface area contributed by atoms with Crippen LogP contribution in [0.15, 0.2) is 18.3 Å². The molecule has 0 saturated heterocycles. The van der Waals surface area contributed by atoms with E-state index in [0.717, 1.165) is 5.82 Å². The van der Waals surface area contributed by atoms with Gasteiger partial charge in [-0.2, -0.15) is 0 Å². The number of aromatic nitrogens is 1. The first kappa shape index (κ1) is 15.3. The highest BCUT2D eigenvalue weighted by Crippen LogP contribution is 2.37. The van der Waals surface area contributed by atoms with Crippen LogP contribution in [0.25, 0.3) is 0 Å². The van der Waals surface area contributed by atoms with Crippen LogP contribution in [-0.4, -0.2) is 25.1 Å². The summed E-state index contributed by atoms with van der Waals surface area (Å²) in [6.07, 6.45) is 7.11. The van der Waals surface area contributed by atoms with Crippen molar-refractivity contribution < 1.29 is 0 Å². The number of hydrogen-bond donors (Lipinski definition) is 1. The Balaban J connectivity index is 2.07. The Kier molecular flexibility index (Phi) is 4.69. The van der Waals surface area contributed by atoms with Crippen LogP contribution < -0.4 is 10.2 Å². The molecule has 1 aromatic heterocycles. The van der Waals surface area contributed by atoms with Crippen molar-refractivity contribution in [2.45, 2.75) is 58.5 Å². The number of pyridine rings is 1. The third-order valence-electron chi connectivity index (χ3n) is 4.92. The van der Waals surface area contributed by atoms with Gasteiger partial charge in [0, 0.05) is 25.3 Å². The van der Waals surface area contributed by atoms with Crippen molar-refractivity contribution >= 4 is 5.82 Å². The second-order valence-corrected chi connectivity index (χ2v) is 6.96. The summed E-state index contributed by atoms with van der Waals surface area (Å²) in [5.41, 5.74) is 1.83. The molecule has 0 amide bonds. The van der Waals surface area contributed by atoms with Crippen LogP contribution in [0, 0.1) is 5.41 Å². The fraction of sp³-hybridized carbons (Fsp3) is 0.706. The van der Waals surface area contributed by atoms with E-state index in [-0.39, 0.29) is 0 Å². The third-order valence-corrected chi connectivity index (χ3v) is 4.92. The molecule has 0 aromatic carbocycles. The Morgan fingerprint density at radius 2 is 2.00 bits per heavy atom. The second kappa shape index (κ2) is 6.13. The van der Waals surface area contributed by atoms with Crippen molar-refractivity contribution in [3.05, 3.63) is 23.9 Å². The van der Waals surface area contributed by atoms with Crippen LogP contribution in [0.1, 0.15) is 58.1 Å². The zero-order valence-electron chi connectivity index (χ0n) is 13.6. The van der Waals surface area contributed by atoms with E-state index >= 15 is 0 Å². The van der Waals surface area contributed by atoms with Gasteiger partial charge in [-0.1, -0.05) is 13.8 Å². The molecule has 1 fully saturated rings. The van der Waals surface area contributed by atoms with E-state index in [0.29, 0.717) is 17.5 Å². The molecule has 3 heteroatoms. The fourth-order valence-electron chi connectivity index (χ4n) is 3.02. The van der Waals surface area contributed by atoms with Crippen LogP contribution in [0.4, 0.5) is 5.82 Å². The molecule has 1 saturated carbocycles. The Hall–Kier alpha value is -1.09. The van der Waals surface area contributed by atoms with Crippen molar-refractivity contribution in [1.82, 2.24) is 10.3 Å². The zero-order chi connectivity index (χ0) is 14.8. The smallest absolute Gasteiger partial charge is 0.128 e. The number of rotatable bonds is 4. The van der Waals surface area contributed by atoms with E-state index in [2.05, 4.69) is 55.2 Å². The topological polar surface area (TPSA) is 28.2 Å². The van der Waals surface area contributed by atoms with Crippen LogP contribution in [0.2, 0.25) is 0 Å². The van der Waals surface area contributed by atoms with Crippen LogP contribution in [0.5, 0.6) is 0 Å². The van der Waals surface area contributed by atoms with E-state index in [1.807, 2.05) is 13.2 Å². The number of nitrogens with zero attached hydrogens (tertiary/aromatic N) is 2. The first-order valence-corrected chi connectivity index (χ1v) is 7.79. The van der Waals surface area contributed by atoms with Crippen molar-refractivity contribution in [2.24, 2.45) is 5.41 Å². The Morgan fingerprint density at radius 3 is 2.60 bits per heavy atom. The molecule has 1 aliphatic rings. The number of nitrogens with one attached hydrogen (secondary N) is 1. The van der Waals surface area contributed by atoms with Crippen molar-refractivity contribution in [1.29, 1.82) is 0 Å². The van der Waals surface area contributed by atoms with E-state index in [1.54, 1.807) is 0 Å². The predicted molar refractivity (Wildman–Crippen MR) is 86.2 cm³/mol. The summed E-state index contributed by atoms with van der Waals surface area (Å²) >= 11 is 0. The lowest BCUT2D eigenvalue weighted by atomic mass is 9.75. The van der Waals surface area contributed by atoms with Crippen molar-refractivity contribution in [2.75, 3.05) is 19.0 Å². The molecule has 1 atom stereocenters. The minimum atomic E-state index is 0.371. The average molecular weight is 275 g/mol. The maximum absolute atomic E-state index is 4.57. The van der Waals surface area contributed by atoms with Gasteiger partial charge in [-0.25, -0.2) is 4.98 Å². The fourth-order valence-corrected chi connectivity index (χ4v) is 3.02. The van der Waals surface area contributed by atoms with Gasteiger partial charge in [-0.3, -0.25) is 0 Å². The van der Waals surface area contributed by atoms with Gasteiger partial charge >= 0.3 is 0 Å². The van der Waals surface area contributed by atoms with Gasteiger partial charge < -0.3 is 10.2 Å². The molecule has 0 bridgehead atoms. The molecule has 1 N–H and O–H groups in total. The Labute approximate surface area is 123 Å². The number of anilines is 1. The standard InChI is InChI=1S/C17H29N3/c1-13(18-4)14-8-11-19-16(12-14)20(5)15-6-9-17(2,3)10-7-15/h8,11-13,15,18H,6-7,9-10H2,1-5H3. The molecule has 0 spiro atoms. The lowest BCUT2D eigenvalue weighted by molar-refractivity contribution is 0.222. The summed E-state index contributed by atoms with van der Waals surface area (Å²) in [6, 6.07) is 5.33. The van der Waals surface area contributed by atoms with E-state index in [1.165, 1.54) is 31.2 Å². The van der Waals surface area contributed by atoms with Gasteiger partial charge in [0.25, 0.3) is 0 Å². The lowest BCUT2D eigenvalue weighted by Crippen LogP contribution is -2.37. The molecule has 112 valence electrons. The highest BCUT2D eigenvalue weighted by molar-refractivity contribution is 5.42. The van der Waals surface area contributed by atoms with Gasteiger partial charge in [0.1, 0.15) is 5.82 Å². The van der Waals surface area contributed by atoms with Gasteiger partial charge in [0.05, 0.1) is 0 Å². The number of hydrogen-bond acceptors (Lipinski definition) is 3. The largest absolute Gasteiger partial charge is 0.357 e. The Morgan fingerprint density at radius 1 is 1.35 bits per heavy atom. The summed E-state index contributed by atoms with van der Waals surface area (Å²) in [7, 11) is 4.19. The first-order valence-electron chi connectivity index (χ1n) is 7.79. The van der Waals surface area contributed by atoms with Crippen LogP contribution >= 0.6 is 0 Å². The second-order valence-electron chi connectivity index (χ2n) is 6.96. The maximum atomic E-state index is 4.57. The lowest BCUT2D eigenvalue weighted by Gasteiger charge is -2.39. The normalized spacial score (nSPS) is 20.6. The molecule has 1 aromatic rings. The minimum absolute atomic E-state index is 0.371. The summed E-state index contributed by atoms with van der Waals surface area (Å²) in [4.78, 5) is 6.94. The molecule has 1 unspecified atom stereocenters. The molecule has 0 aliphatic heterocycles. The quantitative estimate of drug-likeness (QED) is 0.906. The van der Waals surface area contributed by atoms with Crippen molar-refractivity contribution in [3.8, 4) is 0 Å². The van der Waals surface area contributed by atoms with Crippen LogP contribution in [0.3, 0.4) is 0 Å². The molecule has 2 rings (SSSR count). The maximum Gasteiger partial charge on any atom is 0.128 e. The summed E-state index contributed by atoms with van der Waals surface area (Å²) in [5.74, 6) is 1.11. The van der Waals surface area contributed by atoms with E-state index in [9.17, 15) is 0 Å². The highest BCUT2D eigenvalue weighted by atomic mass is 15.2. The SMILES string of the molecule is CNC(C)c1ccnc(N(C)C2CCC(C)(C)CC2)c1.